The van der Waals surface area contributed by atoms with Crippen molar-refractivity contribution in [2.45, 2.75) is 46.1 Å². The van der Waals surface area contributed by atoms with Gasteiger partial charge in [0.15, 0.2) is 11.5 Å². The van der Waals surface area contributed by atoms with Crippen molar-refractivity contribution in [2.24, 2.45) is 5.92 Å². The van der Waals surface area contributed by atoms with Gasteiger partial charge in [-0.25, -0.2) is 9.97 Å². The van der Waals surface area contributed by atoms with Crippen molar-refractivity contribution >= 4 is 11.6 Å². The largest absolute Gasteiger partial charge is 0.486 e. The topological polar surface area (TPSA) is 76.6 Å². The summed E-state index contributed by atoms with van der Waals surface area (Å²) in [4.78, 5) is 24.0. The molecule has 2 aliphatic rings. The Kier molecular flexibility index (Phi) is 6.06. The van der Waals surface area contributed by atoms with Crippen LogP contribution >= 0.6 is 0 Å². The average Bonchev–Trinajstić information content (AvgIpc) is 2.72. The number of benzene rings is 1. The van der Waals surface area contributed by atoms with Gasteiger partial charge < -0.3 is 19.7 Å². The Hall–Kier alpha value is -2.83. The van der Waals surface area contributed by atoms with Crippen molar-refractivity contribution in [3.05, 3.63) is 41.5 Å². The van der Waals surface area contributed by atoms with Gasteiger partial charge in [0.1, 0.15) is 24.7 Å². The minimum Gasteiger partial charge on any atom is -0.486 e. The maximum Gasteiger partial charge on any atom is 0.272 e. The van der Waals surface area contributed by atoms with Gasteiger partial charge in [-0.3, -0.25) is 4.79 Å². The first-order chi connectivity index (χ1) is 14.5. The molecule has 4 rings (SSSR count). The molecule has 2 aliphatic heterocycles. The van der Waals surface area contributed by atoms with E-state index in [4.69, 9.17) is 9.47 Å². The molecule has 3 heterocycles. The zero-order valence-electron chi connectivity index (χ0n) is 18.0. The fourth-order valence-corrected chi connectivity index (χ4v) is 4.07. The number of nitrogens with one attached hydrogen (secondary N) is 1. The van der Waals surface area contributed by atoms with E-state index < -0.39 is 0 Å². The molecule has 1 atom stereocenters. The number of carbonyl (C=O) groups excluding carboxylic acids is 1. The van der Waals surface area contributed by atoms with E-state index in [9.17, 15) is 4.79 Å². The van der Waals surface area contributed by atoms with E-state index in [1.807, 2.05) is 36.1 Å². The monoisotopic (exact) mass is 410 g/mol. The molecule has 2 aromatic rings. The van der Waals surface area contributed by atoms with E-state index in [0.717, 1.165) is 48.7 Å². The number of aryl methyl sites for hydroxylation is 1. The minimum absolute atomic E-state index is 0.0146. The van der Waals surface area contributed by atoms with Gasteiger partial charge in [0, 0.05) is 36.6 Å². The van der Waals surface area contributed by atoms with Crippen LogP contribution in [0.15, 0.2) is 24.3 Å². The van der Waals surface area contributed by atoms with Crippen LogP contribution in [0.5, 0.6) is 11.5 Å². The predicted molar refractivity (Wildman–Crippen MR) is 115 cm³/mol. The first-order valence-corrected chi connectivity index (χ1v) is 10.8. The molecule has 1 N–H and O–H groups in total. The van der Waals surface area contributed by atoms with Crippen LogP contribution in [0.4, 0.5) is 5.69 Å². The number of fused-ring (bicyclic) bond motifs is 1. The summed E-state index contributed by atoms with van der Waals surface area (Å²) >= 11 is 0. The number of likely N-dealkylation sites (tertiary alicyclic amines) is 1. The third kappa shape index (κ3) is 4.83. The van der Waals surface area contributed by atoms with Crippen molar-refractivity contribution in [1.82, 2.24) is 14.9 Å². The van der Waals surface area contributed by atoms with Crippen LogP contribution in [0.2, 0.25) is 0 Å². The van der Waals surface area contributed by atoms with Gasteiger partial charge in [-0.05, 0) is 50.3 Å². The Morgan fingerprint density at radius 3 is 2.80 bits per heavy atom. The number of ether oxygens (including phenoxy) is 2. The lowest BCUT2D eigenvalue weighted by Gasteiger charge is -2.33. The first kappa shape index (κ1) is 20.4. The summed E-state index contributed by atoms with van der Waals surface area (Å²) in [5.41, 5.74) is 2.41. The summed E-state index contributed by atoms with van der Waals surface area (Å²) in [6, 6.07) is 7.94. The van der Waals surface area contributed by atoms with Crippen LogP contribution in [0, 0.1) is 12.8 Å². The zero-order chi connectivity index (χ0) is 21.1. The van der Waals surface area contributed by atoms with Gasteiger partial charge in [-0.15, -0.1) is 0 Å². The van der Waals surface area contributed by atoms with E-state index in [-0.39, 0.29) is 11.9 Å². The van der Waals surface area contributed by atoms with Gasteiger partial charge in [0.25, 0.3) is 5.91 Å². The Labute approximate surface area is 177 Å². The number of hydrogen-bond donors (Lipinski definition) is 1. The molecule has 1 fully saturated rings. The van der Waals surface area contributed by atoms with Gasteiger partial charge >= 0.3 is 0 Å². The van der Waals surface area contributed by atoms with Gasteiger partial charge in [-0.2, -0.15) is 0 Å². The van der Waals surface area contributed by atoms with Crippen molar-refractivity contribution in [3.8, 4) is 11.5 Å². The van der Waals surface area contributed by atoms with E-state index in [1.165, 1.54) is 0 Å². The normalized spacial score (nSPS) is 18.4. The summed E-state index contributed by atoms with van der Waals surface area (Å²) in [6.45, 7) is 8.70. The quantitative estimate of drug-likeness (QED) is 0.813. The molecule has 0 radical (unpaired) electrons. The molecular weight excluding hydrogens is 380 g/mol. The molecule has 0 bridgehead atoms. The average molecular weight is 411 g/mol. The van der Waals surface area contributed by atoms with Crippen LogP contribution in [-0.4, -0.2) is 53.1 Å². The number of anilines is 1. The van der Waals surface area contributed by atoms with Crippen molar-refractivity contribution in [2.75, 3.05) is 31.6 Å². The van der Waals surface area contributed by atoms with Crippen LogP contribution in [0.25, 0.3) is 0 Å². The lowest BCUT2D eigenvalue weighted by atomic mass is 10.0. The van der Waals surface area contributed by atoms with Crippen LogP contribution in [0.1, 0.15) is 48.7 Å². The molecule has 0 saturated carbocycles. The summed E-state index contributed by atoms with van der Waals surface area (Å²) in [5, 5.41) is 3.55. The summed E-state index contributed by atoms with van der Waals surface area (Å²) in [6.07, 6.45) is 2.81. The molecule has 160 valence electrons. The second-order valence-corrected chi connectivity index (χ2v) is 8.48. The lowest BCUT2D eigenvalue weighted by molar-refractivity contribution is 0.0708. The summed E-state index contributed by atoms with van der Waals surface area (Å²) in [7, 11) is 0. The molecule has 0 unspecified atom stereocenters. The summed E-state index contributed by atoms with van der Waals surface area (Å²) < 4.78 is 11.3. The highest BCUT2D eigenvalue weighted by Crippen LogP contribution is 2.33. The molecule has 7 nitrogen and oxygen atoms in total. The van der Waals surface area contributed by atoms with Gasteiger partial charge in [0.2, 0.25) is 0 Å². The number of amides is 1. The fourth-order valence-electron chi connectivity index (χ4n) is 4.07. The molecule has 1 amide bonds. The summed E-state index contributed by atoms with van der Waals surface area (Å²) in [5.74, 6) is 2.67. The Morgan fingerprint density at radius 2 is 2.00 bits per heavy atom. The Bertz CT molecular complexity index is 915. The highest BCUT2D eigenvalue weighted by Gasteiger charge is 2.26. The van der Waals surface area contributed by atoms with Crippen molar-refractivity contribution < 1.29 is 14.3 Å². The highest BCUT2D eigenvalue weighted by atomic mass is 16.6. The van der Waals surface area contributed by atoms with Gasteiger partial charge in [0.05, 0.1) is 0 Å². The highest BCUT2D eigenvalue weighted by molar-refractivity contribution is 5.92. The van der Waals surface area contributed by atoms with Gasteiger partial charge in [-0.1, -0.05) is 13.8 Å². The number of aromatic nitrogens is 2. The van der Waals surface area contributed by atoms with E-state index in [0.29, 0.717) is 37.2 Å². The second kappa shape index (κ2) is 8.90. The second-order valence-electron chi connectivity index (χ2n) is 8.48. The zero-order valence-corrected chi connectivity index (χ0v) is 18.0. The number of rotatable bonds is 5. The van der Waals surface area contributed by atoms with Crippen molar-refractivity contribution in [1.29, 1.82) is 0 Å². The standard InChI is InChI=1S/C23H30N4O3/c1-15(2)11-19-12-20(25-16(3)24-19)23(28)27-8-4-5-18(14-27)26-17-6-7-21-22(13-17)30-10-9-29-21/h6-7,12-13,15,18,26H,4-5,8-11,14H2,1-3H3/t18-/m1/s1. The van der Waals surface area contributed by atoms with E-state index >= 15 is 0 Å². The first-order valence-electron chi connectivity index (χ1n) is 10.8. The third-order valence-electron chi connectivity index (χ3n) is 5.35. The molecule has 1 saturated heterocycles. The Morgan fingerprint density at radius 1 is 1.20 bits per heavy atom. The van der Waals surface area contributed by atoms with Crippen LogP contribution in [0.3, 0.4) is 0 Å². The van der Waals surface area contributed by atoms with E-state index in [2.05, 4.69) is 29.1 Å². The minimum atomic E-state index is -0.0146. The van der Waals surface area contributed by atoms with E-state index in [1.54, 1.807) is 0 Å². The maximum absolute atomic E-state index is 13.2. The predicted octanol–water partition coefficient (Wildman–Crippen LogP) is 3.47. The molecule has 0 spiro atoms. The fraction of sp³-hybridized carbons (Fsp3) is 0.522. The molecule has 0 aliphatic carbocycles. The Balaban J connectivity index is 1.43. The number of nitrogens with zero attached hydrogens (tertiary/aromatic N) is 3. The SMILES string of the molecule is Cc1nc(CC(C)C)cc(C(=O)N2CCC[C@@H](Nc3ccc4c(c3)OCCO4)C2)n1. The van der Waals surface area contributed by atoms with Crippen LogP contribution < -0.4 is 14.8 Å². The molecule has 1 aromatic heterocycles. The molecule has 7 heteroatoms. The number of hydrogen-bond acceptors (Lipinski definition) is 6. The van der Waals surface area contributed by atoms with Crippen molar-refractivity contribution in [3.63, 3.8) is 0 Å². The number of piperidine rings is 1. The van der Waals surface area contributed by atoms with Crippen LogP contribution in [-0.2, 0) is 6.42 Å². The molecule has 1 aromatic carbocycles. The molecular formula is C23H30N4O3. The smallest absolute Gasteiger partial charge is 0.272 e. The maximum atomic E-state index is 13.2. The molecule has 30 heavy (non-hydrogen) atoms. The third-order valence-corrected chi connectivity index (χ3v) is 5.35. The lowest BCUT2D eigenvalue weighted by Crippen LogP contribution is -2.45. The number of carbonyl (C=O) groups is 1.